The topological polar surface area (TPSA) is 64.9 Å². The number of hydrogen-bond donors (Lipinski definition) is 1. The number of pyridine rings is 1. The molecule has 4 rings (SSSR count). The van der Waals surface area contributed by atoms with Crippen LogP contribution in [0.1, 0.15) is 17.7 Å². The molecule has 0 aliphatic rings. The summed E-state index contributed by atoms with van der Waals surface area (Å²) < 4.78 is 13.0. The molecule has 0 aliphatic heterocycles. The summed E-state index contributed by atoms with van der Waals surface area (Å²) in [6.45, 7) is 0.358. The number of carbonyl (C=O) groups is 1. The molecule has 0 bridgehead atoms. The second kappa shape index (κ2) is 9.13. The molecule has 4 aromatic rings. The fraction of sp³-hybridized carbons (Fsp3) is 0.167. The van der Waals surface area contributed by atoms with Crippen molar-refractivity contribution in [3.63, 3.8) is 0 Å². The maximum Gasteiger partial charge on any atom is 0.224 e. The molecule has 0 saturated heterocycles. The van der Waals surface area contributed by atoms with Gasteiger partial charge in [-0.05, 0) is 48.4 Å². The van der Waals surface area contributed by atoms with Crippen LogP contribution in [0.2, 0.25) is 0 Å². The number of aromatic nitrogens is 2. The molecule has 0 spiro atoms. The minimum Gasteiger partial charge on any atom is -0.497 e. The molecular formula is C24H23N3O3. The Bertz CT molecular complexity index is 1100. The first-order chi connectivity index (χ1) is 14.7. The molecule has 0 atom stereocenters. The number of amides is 1. The Morgan fingerprint density at radius 1 is 1.03 bits per heavy atom. The van der Waals surface area contributed by atoms with Crippen molar-refractivity contribution in [3.8, 4) is 11.5 Å². The average molecular weight is 401 g/mol. The lowest BCUT2D eigenvalue weighted by Gasteiger charge is -2.09. The molecule has 152 valence electrons. The van der Waals surface area contributed by atoms with Gasteiger partial charge in [0.25, 0.3) is 0 Å². The van der Waals surface area contributed by atoms with Crippen LogP contribution >= 0.6 is 0 Å². The number of rotatable bonds is 8. The van der Waals surface area contributed by atoms with E-state index >= 15 is 0 Å². The Labute approximate surface area is 175 Å². The summed E-state index contributed by atoms with van der Waals surface area (Å²) in [5, 5.41) is 2.93. The van der Waals surface area contributed by atoms with Crippen LogP contribution in [-0.4, -0.2) is 22.4 Å². The normalized spacial score (nSPS) is 10.7. The van der Waals surface area contributed by atoms with Gasteiger partial charge in [0.15, 0.2) is 0 Å². The fourth-order valence-corrected chi connectivity index (χ4v) is 3.15. The average Bonchev–Trinajstić information content (AvgIpc) is 3.20. The smallest absolute Gasteiger partial charge is 0.224 e. The van der Waals surface area contributed by atoms with Gasteiger partial charge in [-0.1, -0.05) is 24.3 Å². The van der Waals surface area contributed by atoms with Gasteiger partial charge in [0.05, 0.1) is 12.8 Å². The minimum atomic E-state index is -0.0386. The molecule has 1 N–H and O–H groups in total. The molecule has 1 amide bonds. The van der Waals surface area contributed by atoms with Crippen molar-refractivity contribution in [2.45, 2.75) is 19.4 Å². The zero-order valence-corrected chi connectivity index (χ0v) is 16.7. The molecule has 6 heteroatoms. The van der Waals surface area contributed by atoms with Crippen molar-refractivity contribution >= 4 is 17.2 Å². The van der Waals surface area contributed by atoms with Gasteiger partial charge >= 0.3 is 0 Å². The SMILES string of the molecule is COc1ccc(CCC(=O)Nc2cccc(OCc3cn4ccccc4n3)c2)cc1. The standard InChI is InChI=1S/C24H23N3O3/c1-29-21-11-8-18(9-12-21)10-13-24(28)26-19-5-4-6-22(15-19)30-17-20-16-27-14-3-2-7-23(27)25-20/h2-9,11-12,14-16H,10,13,17H2,1H3,(H,26,28). The number of imidazole rings is 1. The predicted molar refractivity (Wildman–Crippen MR) is 116 cm³/mol. The highest BCUT2D eigenvalue weighted by molar-refractivity contribution is 5.91. The number of aryl methyl sites for hydroxylation is 1. The third kappa shape index (κ3) is 4.97. The van der Waals surface area contributed by atoms with Gasteiger partial charge in [0.2, 0.25) is 5.91 Å². The summed E-state index contributed by atoms with van der Waals surface area (Å²) in [4.78, 5) is 16.8. The Hall–Kier alpha value is -3.80. The van der Waals surface area contributed by atoms with Crippen LogP contribution in [0.4, 0.5) is 5.69 Å². The number of carbonyl (C=O) groups excluding carboxylic acids is 1. The number of ether oxygens (including phenoxy) is 2. The highest BCUT2D eigenvalue weighted by Crippen LogP contribution is 2.19. The number of hydrogen-bond acceptors (Lipinski definition) is 4. The van der Waals surface area contributed by atoms with E-state index in [-0.39, 0.29) is 5.91 Å². The second-order valence-electron chi connectivity index (χ2n) is 6.91. The number of nitrogens with zero attached hydrogens (tertiary/aromatic N) is 2. The molecule has 0 radical (unpaired) electrons. The van der Waals surface area contributed by atoms with Crippen molar-refractivity contribution in [1.82, 2.24) is 9.38 Å². The monoisotopic (exact) mass is 401 g/mol. The van der Waals surface area contributed by atoms with Crippen molar-refractivity contribution in [1.29, 1.82) is 0 Å². The van der Waals surface area contributed by atoms with Crippen LogP contribution in [0.25, 0.3) is 5.65 Å². The quantitative estimate of drug-likeness (QED) is 0.472. The molecule has 30 heavy (non-hydrogen) atoms. The second-order valence-corrected chi connectivity index (χ2v) is 6.91. The molecule has 2 aromatic heterocycles. The lowest BCUT2D eigenvalue weighted by Crippen LogP contribution is -2.12. The van der Waals surface area contributed by atoms with E-state index in [0.717, 1.165) is 22.7 Å². The van der Waals surface area contributed by atoms with Gasteiger partial charge in [-0.15, -0.1) is 0 Å². The highest BCUT2D eigenvalue weighted by atomic mass is 16.5. The summed E-state index contributed by atoms with van der Waals surface area (Å²) >= 11 is 0. The third-order valence-electron chi connectivity index (χ3n) is 4.72. The van der Waals surface area contributed by atoms with Gasteiger partial charge in [0, 0.05) is 30.6 Å². The molecule has 0 fully saturated rings. The van der Waals surface area contributed by atoms with E-state index in [1.54, 1.807) is 7.11 Å². The van der Waals surface area contributed by atoms with Crippen LogP contribution in [0.5, 0.6) is 11.5 Å². The maximum absolute atomic E-state index is 12.3. The summed E-state index contributed by atoms with van der Waals surface area (Å²) in [7, 11) is 1.64. The molecule has 2 heterocycles. The number of nitrogens with one attached hydrogen (secondary N) is 1. The molecule has 0 saturated carbocycles. The van der Waals surface area contributed by atoms with Gasteiger partial charge in [-0.2, -0.15) is 0 Å². The summed E-state index contributed by atoms with van der Waals surface area (Å²) in [5.74, 6) is 1.45. The molecular weight excluding hydrogens is 378 g/mol. The first-order valence-corrected chi connectivity index (χ1v) is 9.78. The first kappa shape index (κ1) is 19.5. The van der Waals surface area contributed by atoms with Crippen molar-refractivity contribution in [2.75, 3.05) is 12.4 Å². The van der Waals surface area contributed by atoms with Crippen molar-refractivity contribution in [2.24, 2.45) is 0 Å². The highest BCUT2D eigenvalue weighted by Gasteiger charge is 2.06. The van der Waals surface area contributed by atoms with Gasteiger partial charge in [0.1, 0.15) is 23.8 Å². The first-order valence-electron chi connectivity index (χ1n) is 9.78. The Balaban J connectivity index is 1.30. The van der Waals surface area contributed by atoms with E-state index in [0.29, 0.717) is 30.9 Å². The van der Waals surface area contributed by atoms with E-state index in [2.05, 4.69) is 10.3 Å². The van der Waals surface area contributed by atoms with Crippen LogP contribution in [0.3, 0.4) is 0 Å². The van der Waals surface area contributed by atoms with E-state index in [1.165, 1.54) is 0 Å². The zero-order valence-electron chi connectivity index (χ0n) is 16.7. The third-order valence-corrected chi connectivity index (χ3v) is 4.72. The minimum absolute atomic E-state index is 0.0386. The van der Waals surface area contributed by atoms with Crippen LogP contribution in [0, 0.1) is 0 Å². The zero-order chi connectivity index (χ0) is 20.8. The molecule has 0 unspecified atom stereocenters. The Kier molecular flexibility index (Phi) is 5.94. The number of anilines is 1. The van der Waals surface area contributed by atoms with Crippen LogP contribution in [0.15, 0.2) is 79.1 Å². The largest absolute Gasteiger partial charge is 0.497 e. The van der Waals surface area contributed by atoms with Gasteiger partial charge in [-0.25, -0.2) is 4.98 Å². The lowest BCUT2D eigenvalue weighted by molar-refractivity contribution is -0.116. The fourth-order valence-electron chi connectivity index (χ4n) is 3.15. The number of benzene rings is 2. The van der Waals surface area contributed by atoms with E-state index in [9.17, 15) is 4.79 Å². The Morgan fingerprint density at radius 2 is 1.90 bits per heavy atom. The van der Waals surface area contributed by atoms with Crippen LogP contribution in [-0.2, 0) is 17.8 Å². The van der Waals surface area contributed by atoms with E-state index in [1.807, 2.05) is 83.5 Å². The van der Waals surface area contributed by atoms with Crippen molar-refractivity contribution < 1.29 is 14.3 Å². The Morgan fingerprint density at radius 3 is 2.70 bits per heavy atom. The molecule has 6 nitrogen and oxygen atoms in total. The summed E-state index contributed by atoms with van der Waals surface area (Å²) in [6.07, 6.45) is 4.96. The number of methoxy groups -OCH3 is 1. The molecule has 2 aromatic carbocycles. The van der Waals surface area contributed by atoms with Gasteiger partial charge < -0.3 is 19.2 Å². The van der Waals surface area contributed by atoms with Crippen LogP contribution < -0.4 is 14.8 Å². The van der Waals surface area contributed by atoms with Crippen molar-refractivity contribution in [3.05, 3.63) is 90.4 Å². The summed E-state index contributed by atoms with van der Waals surface area (Å²) in [5.41, 5.74) is 3.53. The molecule has 0 aliphatic carbocycles. The summed E-state index contributed by atoms with van der Waals surface area (Å²) in [6, 6.07) is 21.0. The maximum atomic E-state index is 12.3. The van der Waals surface area contributed by atoms with Gasteiger partial charge in [-0.3, -0.25) is 4.79 Å². The predicted octanol–water partition coefficient (Wildman–Crippen LogP) is 4.49. The number of fused-ring (bicyclic) bond motifs is 1. The van der Waals surface area contributed by atoms with E-state index < -0.39 is 0 Å². The van der Waals surface area contributed by atoms with E-state index in [4.69, 9.17) is 9.47 Å². The lowest BCUT2D eigenvalue weighted by atomic mass is 10.1.